The number of ether oxygens (including phenoxy) is 1. The first-order chi connectivity index (χ1) is 17.5. The molecule has 8 heteroatoms. The van der Waals surface area contributed by atoms with E-state index in [0.29, 0.717) is 18.4 Å². The molecule has 2 aliphatic heterocycles. The van der Waals surface area contributed by atoms with E-state index in [2.05, 4.69) is 40.3 Å². The molecule has 0 radical (unpaired) electrons. The summed E-state index contributed by atoms with van der Waals surface area (Å²) in [4.78, 5) is 28.1. The number of aromatic nitrogens is 2. The molecule has 2 fully saturated rings. The van der Waals surface area contributed by atoms with Gasteiger partial charge in [0, 0.05) is 46.8 Å². The number of likely N-dealkylation sites (tertiary alicyclic amines) is 2. The maximum Gasteiger partial charge on any atom is 0.344 e. The Hall–Kier alpha value is -3.65. The van der Waals surface area contributed by atoms with Crippen molar-refractivity contribution in [3.8, 4) is 5.75 Å². The van der Waals surface area contributed by atoms with Gasteiger partial charge in [-0.1, -0.05) is 42.5 Å². The van der Waals surface area contributed by atoms with Crippen LogP contribution < -0.4 is 9.64 Å². The van der Waals surface area contributed by atoms with E-state index in [9.17, 15) is 4.79 Å². The Morgan fingerprint density at radius 1 is 1.03 bits per heavy atom. The van der Waals surface area contributed by atoms with Gasteiger partial charge in [0.05, 0.1) is 18.1 Å². The Bertz CT molecular complexity index is 1130. The molecule has 2 unspecified atom stereocenters. The molecule has 3 aromatic rings. The summed E-state index contributed by atoms with van der Waals surface area (Å²) in [5.74, 6) is 1.95. The maximum absolute atomic E-state index is 12.9. The molecule has 8 nitrogen and oxygen atoms in total. The Kier molecular flexibility index (Phi) is 8.38. The van der Waals surface area contributed by atoms with Crippen LogP contribution >= 0.6 is 0 Å². The molecule has 2 atom stereocenters. The third kappa shape index (κ3) is 6.31. The summed E-state index contributed by atoms with van der Waals surface area (Å²) in [5, 5.41) is 4.25. The SMILES string of the molecule is CC=O.CN(C)c1cnn(C(=O)N2CC3CN(Cc4cccc(OCc5ccccc5)c4)CC3C2)c1. The normalized spacial score (nSPS) is 18.8. The average Bonchev–Trinajstić information content (AvgIpc) is 3.59. The van der Waals surface area contributed by atoms with Gasteiger partial charge in [-0.3, -0.25) is 4.90 Å². The molecule has 0 saturated carbocycles. The molecule has 0 N–H and O–H groups in total. The highest BCUT2D eigenvalue weighted by molar-refractivity contribution is 5.77. The second kappa shape index (κ2) is 11.9. The van der Waals surface area contributed by atoms with E-state index >= 15 is 0 Å². The van der Waals surface area contributed by atoms with Crippen molar-refractivity contribution < 1.29 is 14.3 Å². The number of benzene rings is 2. The first-order valence-electron chi connectivity index (χ1n) is 12.4. The summed E-state index contributed by atoms with van der Waals surface area (Å²) in [6.07, 6.45) is 4.28. The predicted molar refractivity (Wildman–Crippen MR) is 140 cm³/mol. The van der Waals surface area contributed by atoms with Crippen LogP contribution in [0, 0.1) is 11.8 Å². The summed E-state index contributed by atoms with van der Waals surface area (Å²) < 4.78 is 7.46. The van der Waals surface area contributed by atoms with Crippen LogP contribution in [0.3, 0.4) is 0 Å². The fourth-order valence-electron chi connectivity index (χ4n) is 4.90. The van der Waals surface area contributed by atoms with Crippen LogP contribution in [0.1, 0.15) is 18.1 Å². The van der Waals surface area contributed by atoms with Crippen LogP contribution in [0.5, 0.6) is 5.75 Å². The molecular weight excluding hydrogens is 454 g/mol. The van der Waals surface area contributed by atoms with E-state index in [1.165, 1.54) is 22.7 Å². The topological polar surface area (TPSA) is 70.9 Å². The molecular formula is C28H35N5O3. The first kappa shape index (κ1) is 25.4. The number of hydrogen-bond acceptors (Lipinski definition) is 6. The van der Waals surface area contributed by atoms with Crippen LogP contribution in [0.15, 0.2) is 67.0 Å². The van der Waals surface area contributed by atoms with Crippen molar-refractivity contribution in [2.24, 2.45) is 11.8 Å². The van der Waals surface area contributed by atoms with E-state index in [4.69, 9.17) is 9.53 Å². The lowest BCUT2D eigenvalue weighted by molar-refractivity contribution is -0.106. The molecule has 3 heterocycles. The maximum atomic E-state index is 12.9. The smallest absolute Gasteiger partial charge is 0.344 e. The molecule has 2 aliphatic rings. The number of hydrogen-bond donors (Lipinski definition) is 0. The predicted octanol–water partition coefficient (Wildman–Crippen LogP) is 3.77. The van der Waals surface area contributed by atoms with Gasteiger partial charge in [-0.25, -0.2) is 4.79 Å². The Morgan fingerprint density at radius 3 is 2.33 bits per heavy atom. The van der Waals surface area contributed by atoms with E-state index in [1.54, 1.807) is 12.4 Å². The lowest BCUT2D eigenvalue weighted by atomic mass is 10.0. The number of carbonyl (C=O) groups excluding carboxylic acids is 2. The van der Waals surface area contributed by atoms with Gasteiger partial charge >= 0.3 is 6.03 Å². The zero-order valence-electron chi connectivity index (χ0n) is 21.3. The van der Waals surface area contributed by atoms with E-state index in [0.717, 1.165) is 50.4 Å². The molecule has 1 aromatic heterocycles. The quantitative estimate of drug-likeness (QED) is 0.491. The molecule has 190 valence electrons. The zero-order chi connectivity index (χ0) is 25.5. The van der Waals surface area contributed by atoms with Gasteiger partial charge in [0.2, 0.25) is 0 Å². The van der Waals surface area contributed by atoms with E-state index in [-0.39, 0.29) is 6.03 Å². The molecule has 2 aromatic carbocycles. The Morgan fingerprint density at radius 2 is 1.69 bits per heavy atom. The Balaban J connectivity index is 0.000000967. The van der Waals surface area contributed by atoms with Crippen LogP contribution in [0.2, 0.25) is 0 Å². The highest BCUT2D eigenvalue weighted by Crippen LogP contribution is 2.32. The minimum atomic E-state index is -0.0210. The number of carbonyl (C=O) groups is 2. The van der Waals surface area contributed by atoms with Crippen LogP contribution in [0.4, 0.5) is 10.5 Å². The van der Waals surface area contributed by atoms with Gasteiger partial charge in [-0.05, 0) is 42.0 Å². The second-order valence-electron chi connectivity index (χ2n) is 9.60. The van der Waals surface area contributed by atoms with Crippen LogP contribution in [-0.4, -0.2) is 72.2 Å². The Labute approximate surface area is 213 Å². The molecule has 0 aliphatic carbocycles. The van der Waals surface area contributed by atoms with E-state index in [1.807, 2.05) is 48.2 Å². The van der Waals surface area contributed by atoms with Crippen molar-refractivity contribution in [3.63, 3.8) is 0 Å². The third-order valence-electron chi connectivity index (χ3n) is 6.67. The molecule has 5 rings (SSSR count). The lowest BCUT2D eigenvalue weighted by Crippen LogP contribution is -2.36. The van der Waals surface area contributed by atoms with Crippen molar-refractivity contribution in [2.45, 2.75) is 20.1 Å². The van der Waals surface area contributed by atoms with Crippen molar-refractivity contribution in [1.29, 1.82) is 0 Å². The van der Waals surface area contributed by atoms with Gasteiger partial charge in [-0.2, -0.15) is 9.78 Å². The molecule has 0 bridgehead atoms. The zero-order valence-corrected chi connectivity index (χ0v) is 21.3. The van der Waals surface area contributed by atoms with Gasteiger partial charge in [0.1, 0.15) is 18.6 Å². The fraction of sp³-hybridized carbons (Fsp3) is 0.393. The number of nitrogens with zero attached hydrogens (tertiary/aromatic N) is 5. The number of anilines is 1. The van der Waals surface area contributed by atoms with Crippen LogP contribution in [-0.2, 0) is 17.9 Å². The minimum Gasteiger partial charge on any atom is -0.489 e. The summed E-state index contributed by atoms with van der Waals surface area (Å²) in [7, 11) is 3.90. The van der Waals surface area contributed by atoms with Gasteiger partial charge in [-0.15, -0.1) is 0 Å². The average molecular weight is 490 g/mol. The lowest BCUT2D eigenvalue weighted by Gasteiger charge is -2.21. The third-order valence-corrected chi connectivity index (χ3v) is 6.67. The largest absolute Gasteiger partial charge is 0.489 e. The number of aldehydes is 1. The van der Waals surface area contributed by atoms with Crippen molar-refractivity contribution >= 4 is 18.0 Å². The summed E-state index contributed by atoms with van der Waals surface area (Å²) in [5.41, 5.74) is 3.37. The number of rotatable bonds is 6. The van der Waals surface area contributed by atoms with E-state index < -0.39 is 0 Å². The molecule has 0 spiro atoms. The van der Waals surface area contributed by atoms with Crippen molar-refractivity contribution in [3.05, 3.63) is 78.1 Å². The summed E-state index contributed by atoms with van der Waals surface area (Å²) in [6, 6.07) is 18.6. The molecule has 1 amide bonds. The highest BCUT2D eigenvalue weighted by Gasteiger charge is 2.41. The summed E-state index contributed by atoms with van der Waals surface area (Å²) in [6.45, 7) is 6.58. The van der Waals surface area contributed by atoms with Gasteiger partial charge < -0.3 is 19.3 Å². The highest BCUT2D eigenvalue weighted by atomic mass is 16.5. The second-order valence-corrected chi connectivity index (χ2v) is 9.60. The van der Waals surface area contributed by atoms with Crippen LogP contribution in [0.25, 0.3) is 0 Å². The summed E-state index contributed by atoms with van der Waals surface area (Å²) >= 11 is 0. The van der Waals surface area contributed by atoms with Gasteiger partial charge in [0.15, 0.2) is 0 Å². The molecule has 36 heavy (non-hydrogen) atoms. The number of amides is 1. The number of fused-ring (bicyclic) bond motifs is 1. The van der Waals surface area contributed by atoms with Crippen molar-refractivity contribution in [1.82, 2.24) is 19.6 Å². The van der Waals surface area contributed by atoms with Gasteiger partial charge in [0.25, 0.3) is 0 Å². The standard InChI is InChI=1S/C26H31N5O2.C2H4O/c1-28(2)24-12-27-31(18-24)26(32)30-16-22-14-29(15-23(22)17-30)13-21-9-6-10-25(11-21)33-19-20-7-4-3-5-8-20;1-2-3/h3-12,18,22-23H,13-17,19H2,1-2H3;2H,1H3. The minimum absolute atomic E-state index is 0.0210. The molecule has 2 saturated heterocycles. The first-order valence-corrected chi connectivity index (χ1v) is 12.4. The fourth-order valence-corrected chi connectivity index (χ4v) is 4.90. The van der Waals surface area contributed by atoms with Crippen molar-refractivity contribution in [2.75, 3.05) is 45.2 Å². The monoisotopic (exact) mass is 489 g/mol.